The summed E-state index contributed by atoms with van der Waals surface area (Å²) in [4.78, 5) is 4.59. The second-order valence-electron chi connectivity index (χ2n) is 6.90. The van der Waals surface area contributed by atoms with Gasteiger partial charge < -0.3 is 0 Å². The second kappa shape index (κ2) is 7.85. The molecule has 3 rings (SSSR count). The van der Waals surface area contributed by atoms with E-state index in [0.29, 0.717) is 19.0 Å². The molecule has 3 heterocycles. The average Bonchev–Trinajstić information content (AvgIpc) is 3.11. The Labute approximate surface area is 155 Å². The van der Waals surface area contributed by atoms with Crippen LogP contribution >= 0.6 is 0 Å². The van der Waals surface area contributed by atoms with Crippen LogP contribution < -0.4 is 0 Å². The highest BCUT2D eigenvalue weighted by Gasteiger charge is 2.30. The molecule has 0 aromatic carbocycles. The lowest BCUT2D eigenvalue weighted by molar-refractivity contribution is 0.254. The molecule has 26 heavy (non-hydrogen) atoms. The minimum Gasteiger partial charge on any atom is -0.264 e. The molecule has 0 N–H and O–H groups in total. The molecule has 1 saturated heterocycles. The average molecular weight is 378 g/mol. The summed E-state index contributed by atoms with van der Waals surface area (Å²) in [6, 6.07) is 6.02. The molecule has 0 aliphatic carbocycles. The van der Waals surface area contributed by atoms with Gasteiger partial charge >= 0.3 is 0 Å². The summed E-state index contributed by atoms with van der Waals surface area (Å²) in [7, 11) is -0.177. The van der Waals surface area contributed by atoms with Crippen LogP contribution in [0, 0.1) is 5.92 Å². The number of hydrogen-bond acceptors (Lipinski definition) is 4. The van der Waals surface area contributed by atoms with Crippen LogP contribution in [0.1, 0.15) is 25.3 Å². The van der Waals surface area contributed by atoms with Crippen molar-refractivity contribution < 1.29 is 8.42 Å². The van der Waals surface area contributed by atoms with Crippen LogP contribution in [0.4, 0.5) is 0 Å². The van der Waals surface area contributed by atoms with E-state index in [2.05, 4.69) is 23.1 Å². The quantitative estimate of drug-likeness (QED) is 0.772. The fourth-order valence-electron chi connectivity index (χ4n) is 3.56. The first kappa shape index (κ1) is 19.0. The molecule has 142 valence electrons. The Balaban J connectivity index is 1.82. The van der Waals surface area contributed by atoms with Crippen molar-refractivity contribution in [3.63, 3.8) is 0 Å². The maximum absolute atomic E-state index is 12.4. The first-order chi connectivity index (χ1) is 12.4. The lowest BCUT2D eigenvalue weighted by Crippen LogP contribution is -2.45. The van der Waals surface area contributed by atoms with Gasteiger partial charge in [-0.25, -0.2) is 0 Å². The Hall–Kier alpha value is -1.77. The van der Waals surface area contributed by atoms with Gasteiger partial charge in [0.15, 0.2) is 0 Å². The first-order valence-electron chi connectivity index (χ1n) is 9.07. The van der Waals surface area contributed by atoms with Crippen LogP contribution in [0.5, 0.6) is 0 Å². The van der Waals surface area contributed by atoms with E-state index < -0.39 is 10.2 Å². The van der Waals surface area contributed by atoms with E-state index in [0.717, 1.165) is 42.8 Å². The van der Waals surface area contributed by atoms with Gasteiger partial charge in [-0.05, 0) is 49.8 Å². The monoisotopic (exact) mass is 377 g/mol. The third-order valence-corrected chi connectivity index (χ3v) is 6.84. The number of aromatic nitrogens is 3. The Kier molecular flexibility index (Phi) is 5.74. The van der Waals surface area contributed by atoms with Crippen molar-refractivity contribution >= 4 is 10.2 Å². The molecule has 0 unspecified atom stereocenters. The first-order valence-corrected chi connectivity index (χ1v) is 10.5. The fraction of sp³-hybridized carbons (Fsp3) is 0.556. The number of hydrogen-bond donors (Lipinski definition) is 0. The molecule has 8 heteroatoms. The standard InChI is InChI=1S/C18H27N5O2S/c1-4-23-17(9-11-20-23)18-16(8-5-10-19-18)13-15-7-6-12-22(14-15)26(24,25)21(2)3/h5,8-11,15H,4,6-7,12-14H2,1-3H3/t15-/m1/s1. The van der Waals surface area contributed by atoms with Gasteiger partial charge in [0.1, 0.15) is 0 Å². The second-order valence-corrected chi connectivity index (χ2v) is 9.05. The molecule has 1 aliphatic rings. The van der Waals surface area contributed by atoms with Crippen LogP contribution in [-0.2, 0) is 23.2 Å². The van der Waals surface area contributed by atoms with Gasteiger partial charge in [-0.15, -0.1) is 0 Å². The van der Waals surface area contributed by atoms with Crippen molar-refractivity contribution in [2.24, 2.45) is 5.92 Å². The van der Waals surface area contributed by atoms with Crippen molar-refractivity contribution in [1.29, 1.82) is 0 Å². The summed E-state index contributed by atoms with van der Waals surface area (Å²) >= 11 is 0. The minimum atomic E-state index is -3.35. The Morgan fingerprint density at radius 3 is 2.81 bits per heavy atom. The molecule has 0 bridgehead atoms. The SMILES string of the molecule is CCn1nccc1-c1ncccc1C[C@H]1CCCN(S(=O)(=O)N(C)C)C1. The molecule has 1 atom stereocenters. The van der Waals surface area contributed by atoms with Gasteiger partial charge in [0.25, 0.3) is 10.2 Å². The highest BCUT2D eigenvalue weighted by atomic mass is 32.2. The predicted octanol–water partition coefficient (Wildman–Crippen LogP) is 2.03. The predicted molar refractivity (Wildman–Crippen MR) is 102 cm³/mol. The molecule has 7 nitrogen and oxygen atoms in total. The summed E-state index contributed by atoms with van der Waals surface area (Å²) in [5.74, 6) is 0.291. The van der Waals surface area contributed by atoms with Crippen LogP contribution in [0.25, 0.3) is 11.4 Å². The van der Waals surface area contributed by atoms with Crippen molar-refractivity contribution in [1.82, 2.24) is 23.4 Å². The van der Waals surface area contributed by atoms with E-state index in [4.69, 9.17) is 0 Å². The number of pyridine rings is 1. The molecule has 2 aromatic heterocycles. The highest BCUT2D eigenvalue weighted by molar-refractivity contribution is 7.86. The summed E-state index contributed by atoms with van der Waals surface area (Å²) < 4.78 is 29.7. The Morgan fingerprint density at radius 1 is 1.27 bits per heavy atom. The van der Waals surface area contributed by atoms with Gasteiger partial charge in [0.05, 0.1) is 11.4 Å². The van der Waals surface area contributed by atoms with Crippen LogP contribution in [0.15, 0.2) is 30.6 Å². The van der Waals surface area contributed by atoms with E-state index in [1.165, 1.54) is 4.31 Å². The molecule has 2 aromatic rings. The molecule has 0 amide bonds. The number of aryl methyl sites for hydroxylation is 1. The van der Waals surface area contributed by atoms with E-state index in [9.17, 15) is 8.42 Å². The van der Waals surface area contributed by atoms with E-state index in [1.807, 2.05) is 16.8 Å². The highest BCUT2D eigenvalue weighted by Crippen LogP contribution is 2.28. The van der Waals surface area contributed by atoms with Gasteiger partial charge in [0.2, 0.25) is 0 Å². The van der Waals surface area contributed by atoms with Crippen LogP contribution in [-0.4, -0.2) is 59.0 Å². The number of rotatable bonds is 6. The zero-order chi connectivity index (χ0) is 18.7. The zero-order valence-corrected chi connectivity index (χ0v) is 16.5. The normalized spacial score (nSPS) is 19.2. The van der Waals surface area contributed by atoms with E-state index in [1.54, 1.807) is 30.8 Å². The summed E-state index contributed by atoms with van der Waals surface area (Å²) in [6.45, 7) is 4.00. The molecule has 0 spiro atoms. The van der Waals surface area contributed by atoms with Gasteiger partial charge in [0, 0.05) is 46.1 Å². The van der Waals surface area contributed by atoms with Crippen LogP contribution in [0.2, 0.25) is 0 Å². The molecule has 1 aliphatic heterocycles. The topological polar surface area (TPSA) is 71.3 Å². The van der Waals surface area contributed by atoms with Crippen molar-refractivity contribution in [3.05, 3.63) is 36.2 Å². The summed E-state index contributed by atoms with van der Waals surface area (Å²) in [5.41, 5.74) is 3.10. The Morgan fingerprint density at radius 2 is 2.08 bits per heavy atom. The smallest absolute Gasteiger partial charge is 0.264 e. The lowest BCUT2D eigenvalue weighted by Gasteiger charge is -2.33. The van der Waals surface area contributed by atoms with Gasteiger partial charge in [-0.2, -0.15) is 22.1 Å². The van der Waals surface area contributed by atoms with Crippen LogP contribution in [0.3, 0.4) is 0 Å². The lowest BCUT2D eigenvalue weighted by atomic mass is 9.91. The Bertz CT molecular complexity index is 847. The third-order valence-electron chi connectivity index (χ3n) is 4.93. The van der Waals surface area contributed by atoms with Crippen molar-refractivity contribution in [2.75, 3.05) is 27.2 Å². The number of piperidine rings is 1. The molecule has 0 saturated carbocycles. The van der Waals surface area contributed by atoms with E-state index >= 15 is 0 Å². The number of nitrogens with zero attached hydrogens (tertiary/aromatic N) is 5. The largest absolute Gasteiger partial charge is 0.281 e. The van der Waals surface area contributed by atoms with E-state index in [-0.39, 0.29) is 0 Å². The molecular formula is C18H27N5O2S. The molecule has 0 radical (unpaired) electrons. The van der Waals surface area contributed by atoms with Crippen molar-refractivity contribution in [3.8, 4) is 11.4 Å². The van der Waals surface area contributed by atoms with Crippen molar-refractivity contribution in [2.45, 2.75) is 32.7 Å². The molecule has 1 fully saturated rings. The minimum absolute atomic E-state index is 0.291. The summed E-state index contributed by atoms with van der Waals surface area (Å²) in [6.07, 6.45) is 6.33. The maximum Gasteiger partial charge on any atom is 0.281 e. The maximum atomic E-state index is 12.4. The fourth-order valence-corrected chi connectivity index (χ4v) is 4.79. The summed E-state index contributed by atoms with van der Waals surface area (Å²) in [5, 5.41) is 4.35. The zero-order valence-electron chi connectivity index (χ0n) is 15.7. The van der Waals surface area contributed by atoms with Gasteiger partial charge in [-0.1, -0.05) is 6.07 Å². The third kappa shape index (κ3) is 3.82. The van der Waals surface area contributed by atoms with Gasteiger partial charge in [-0.3, -0.25) is 9.67 Å². The molecular weight excluding hydrogens is 350 g/mol.